The molecule has 3 N–H and O–H groups in total. The minimum Gasteiger partial charge on any atom is -0.457 e. The number of nitrogen functional groups attached to an aromatic ring is 1. The van der Waals surface area contributed by atoms with Crippen LogP contribution in [-0.4, -0.2) is 22.6 Å². The summed E-state index contributed by atoms with van der Waals surface area (Å²) in [7, 11) is 0. The third-order valence-corrected chi connectivity index (χ3v) is 5.90. The third-order valence-electron chi connectivity index (χ3n) is 5.56. The number of nitrogens with one attached hydrogen (secondary N) is 1. The first-order valence-electron chi connectivity index (χ1n) is 10.3. The van der Waals surface area contributed by atoms with E-state index in [1.807, 2.05) is 65.3 Å². The molecule has 1 aliphatic rings. The maximum Gasteiger partial charge on any atom is 0.156 e. The lowest BCUT2D eigenvalue weighted by Gasteiger charge is -2.27. The number of hydrogen-bond donors (Lipinski definition) is 2. The smallest absolute Gasteiger partial charge is 0.156 e. The van der Waals surface area contributed by atoms with Crippen molar-refractivity contribution in [3.63, 3.8) is 0 Å². The Labute approximate surface area is 190 Å². The highest BCUT2D eigenvalue weighted by Gasteiger charge is 2.29. The van der Waals surface area contributed by atoms with Crippen molar-refractivity contribution in [2.24, 2.45) is 0 Å². The number of para-hydroxylation sites is 1. The molecule has 6 nitrogen and oxygen atoms in total. The predicted molar refractivity (Wildman–Crippen MR) is 127 cm³/mol. The fourth-order valence-corrected chi connectivity index (χ4v) is 4.28. The molecule has 0 aliphatic carbocycles. The van der Waals surface area contributed by atoms with Crippen molar-refractivity contribution in [1.82, 2.24) is 9.78 Å². The summed E-state index contributed by atoms with van der Waals surface area (Å²) in [6.07, 6.45) is 1.62. The van der Waals surface area contributed by atoms with Gasteiger partial charge in [0.05, 0.1) is 11.6 Å². The predicted octanol–water partition coefficient (Wildman–Crippen LogP) is 5.80. The number of ether oxygens (including phenoxy) is 1. The lowest BCUT2D eigenvalue weighted by molar-refractivity contribution is 0.112. The van der Waals surface area contributed by atoms with E-state index in [2.05, 4.69) is 5.32 Å². The van der Waals surface area contributed by atoms with Crippen LogP contribution in [0.5, 0.6) is 11.5 Å². The standard InChI is InChI=1S/C25H21ClN4O2/c26-22-11-8-17(27)14-20(22)23-12-13-28-25-21(15-31)24(29-30(23)25)16-6-9-19(10-7-16)32-18-4-2-1-3-5-18/h1-11,14-15,23,28H,12-13,27H2. The van der Waals surface area contributed by atoms with Gasteiger partial charge in [-0.15, -0.1) is 0 Å². The van der Waals surface area contributed by atoms with Gasteiger partial charge < -0.3 is 15.8 Å². The van der Waals surface area contributed by atoms with Crippen molar-refractivity contribution in [2.75, 3.05) is 17.6 Å². The minimum atomic E-state index is -0.115. The van der Waals surface area contributed by atoms with E-state index in [1.165, 1.54) is 0 Å². The Bertz CT molecular complexity index is 1270. The lowest BCUT2D eigenvalue weighted by atomic mass is 10.0. The van der Waals surface area contributed by atoms with E-state index >= 15 is 0 Å². The van der Waals surface area contributed by atoms with Crippen molar-refractivity contribution in [3.05, 3.63) is 88.9 Å². The quantitative estimate of drug-likeness (QED) is 0.300. The molecule has 5 rings (SSSR count). The molecule has 1 aromatic heterocycles. The summed E-state index contributed by atoms with van der Waals surface area (Å²) in [5.41, 5.74) is 9.50. The number of hydrogen-bond acceptors (Lipinski definition) is 5. The van der Waals surface area contributed by atoms with Crippen LogP contribution in [0.25, 0.3) is 11.3 Å². The summed E-state index contributed by atoms with van der Waals surface area (Å²) in [6.45, 7) is 0.700. The Morgan fingerprint density at radius 2 is 1.81 bits per heavy atom. The average Bonchev–Trinajstić information content (AvgIpc) is 3.21. The number of carbonyl (C=O) groups is 1. The molecule has 0 fully saturated rings. The molecule has 1 atom stereocenters. The average molecular weight is 445 g/mol. The van der Waals surface area contributed by atoms with E-state index in [0.29, 0.717) is 40.1 Å². The molecule has 0 radical (unpaired) electrons. The number of fused-ring (bicyclic) bond motifs is 1. The van der Waals surface area contributed by atoms with E-state index in [9.17, 15) is 4.79 Å². The number of carbonyl (C=O) groups excluding carboxylic acids is 1. The molecular weight excluding hydrogens is 424 g/mol. The fourth-order valence-electron chi connectivity index (χ4n) is 4.03. The van der Waals surface area contributed by atoms with Crippen LogP contribution in [0.3, 0.4) is 0 Å². The van der Waals surface area contributed by atoms with Gasteiger partial charge in [-0.3, -0.25) is 4.79 Å². The second-order valence-electron chi connectivity index (χ2n) is 7.63. The van der Waals surface area contributed by atoms with Gasteiger partial charge in [0.15, 0.2) is 6.29 Å². The first kappa shape index (κ1) is 20.2. The van der Waals surface area contributed by atoms with Gasteiger partial charge in [0.1, 0.15) is 23.0 Å². The van der Waals surface area contributed by atoms with Crippen LogP contribution in [0.2, 0.25) is 5.02 Å². The van der Waals surface area contributed by atoms with Crippen LogP contribution in [0, 0.1) is 0 Å². The first-order chi connectivity index (χ1) is 15.6. The lowest BCUT2D eigenvalue weighted by Crippen LogP contribution is -2.25. The molecule has 4 aromatic rings. The Hall–Kier alpha value is -3.77. The van der Waals surface area contributed by atoms with Crippen molar-refractivity contribution in [1.29, 1.82) is 0 Å². The van der Waals surface area contributed by atoms with Gasteiger partial charge in [0.25, 0.3) is 0 Å². The van der Waals surface area contributed by atoms with Crippen LogP contribution in [0.4, 0.5) is 11.5 Å². The number of aldehydes is 1. The molecule has 2 heterocycles. The van der Waals surface area contributed by atoms with Crippen molar-refractivity contribution < 1.29 is 9.53 Å². The minimum absolute atomic E-state index is 0.115. The van der Waals surface area contributed by atoms with Gasteiger partial charge in [-0.1, -0.05) is 29.8 Å². The fraction of sp³-hybridized carbons (Fsp3) is 0.120. The molecule has 7 heteroatoms. The second-order valence-corrected chi connectivity index (χ2v) is 8.03. The van der Waals surface area contributed by atoms with Gasteiger partial charge in [-0.2, -0.15) is 5.10 Å². The van der Waals surface area contributed by atoms with Gasteiger partial charge in [-0.05, 0) is 66.6 Å². The van der Waals surface area contributed by atoms with Crippen molar-refractivity contribution in [3.8, 4) is 22.8 Å². The molecule has 1 unspecified atom stereocenters. The topological polar surface area (TPSA) is 82.2 Å². The summed E-state index contributed by atoms with van der Waals surface area (Å²) in [5.74, 6) is 2.16. The number of aromatic nitrogens is 2. The summed E-state index contributed by atoms with van der Waals surface area (Å²) in [5, 5.41) is 8.77. The van der Waals surface area contributed by atoms with Crippen LogP contribution >= 0.6 is 11.6 Å². The molecule has 32 heavy (non-hydrogen) atoms. The maximum atomic E-state index is 12.0. The SMILES string of the molecule is Nc1ccc(Cl)c(C2CCNc3c(C=O)c(-c4ccc(Oc5ccccc5)cc4)nn32)c1. The van der Waals surface area contributed by atoms with Gasteiger partial charge in [0.2, 0.25) is 0 Å². The Balaban J connectivity index is 1.51. The van der Waals surface area contributed by atoms with Gasteiger partial charge >= 0.3 is 0 Å². The molecule has 0 amide bonds. The summed E-state index contributed by atoms with van der Waals surface area (Å²) in [6, 6.07) is 22.5. The number of halogens is 1. The zero-order valence-electron chi connectivity index (χ0n) is 17.2. The van der Waals surface area contributed by atoms with Gasteiger partial charge in [-0.25, -0.2) is 4.68 Å². The van der Waals surface area contributed by atoms with Crippen molar-refractivity contribution in [2.45, 2.75) is 12.5 Å². The maximum absolute atomic E-state index is 12.0. The largest absolute Gasteiger partial charge is 0.457 e. The van der Waals surface area contributed by atoms with E-state index in [0.717, 1.165) is 29.6 Å². The van der Waals surface area contributed by atoms with Crippen molar-refractivity contribution >= 4 is 29.4 Å². The second kappa shape index (κ2) is 8.40. The monoisotopic (exact) mass is 444 g/mol. The summed E-state index contributed by atoms with van der Waals surface area (Å²) < 4.78 is 7.72. The van der Waals surface area contributed by atoms with E-state index in [4.69, 9.17) is 27.2 Å². The molecule has 0 spiro atoms. The van der Waals surface area contributed by atoms with Crippen LogP contribution in [-0.2, 0) is 0 Å². The van der Waals surface area contributed by atoms with E-state index in [-0.39, 0.29) is 6.04 Å². The van der Waals surface area contributed by atoms with Crippen LogP contribution in [0.1, 0.15) is 28.4 Å². The zero-order valence-corrected chi connectivity index (χ0v) is 17.9. The first-order valence-corrected chi connectivity index (χ1v) is 10.7. The molecule has 1 aliphatic heterocycles. The Morgan fingerprint density at radius 1 is 1.06 bits per heavy atom. The third kappa shape index (κ3) is 3.69. The highest BCUT2D eigenvalue weighted by Crippen LogP contribution is 2.39. The molecule has 160 valence electrons. The molecule has 0 bridgehead atoms. The number of nitrogens with two attached hydrogens (primary N) is 1. The number of nitrogens with zero attached hydrogens (tertiary/aromatic N) is 2. The number of anilines is 2. The van der Waals surface area contributed by atoms with Crippen LogP contribution in [0.15, 0.2) is 72.8 Å². The zero-order chi connectivity index (χ0) is 22.1. The van der Waals surface area contributed by atoms with E-state index < -0.39 is 0 Å². The Morgan fingerprint density at radius 3 is 2.56 bits per heavy atom. The van der Waals surface area contributed by atoms with Crippen LogP contribution < -0.4 is 15.8 Å². The molecule has 0 saturated carbocycles. The normalized spacial score (nSPS) is 15.0. The highest BCUT2D eigenvalue weighted by molar-refractivity contribution is 6.31. The number of rotatable bonds is 5. The summed E-state index contributed by atoms with van der Waals surface area (Å²) in [4.78, 5) is 12.0. The Kier molecular flexibility index (Phi) is 5.29. The summed E-state index contributed by atoms with van der Waals surface area (Å²) >= 11 is 6.48. The highest BCUT2D eigenvalue weighted by atomic mass is 35.5. The molecular formula is C25H21ClN4O2. The molecule has 0 saturated heterocycles. The van der Waals surface area contributed by atoms with Gasteiger partial charge in [0, 0.05) is 22.8 Å². The molecule has 3 aromatic carbocycles. The van der Waals surface area contributed by atoms with E-state index in [1.54, 1.807) is 12.1 Å². The number of benzene rings is 3.